The number of benzene rings is 2. The van der Waals surface area contributed by atoms with Crippen LogP contribution in [0.4, 0.5) is 4.79 Å². The van der Waals surface area contributed by atoms with Crippen LogP contribution < -0.4 is 5.32 Å². The van der Waals surface area contributed by atoms with Crippen LogP contribution in [0.2, 0.25) is 0 Å². The van der Waals surface area contributed by atoms with Crippen LogP contribution in [0.1, 0.15) is 36.1 Å². The topological polar surface area (TPSA) is 125 Å². The summed E-state index contributed by atoms with van der Waals surface area (Å²) in [6, 6.07) is 15.2. The zero-order valence-corrected chi connectivity index (χ0v) is 19.4. The molecule has 1 unspecified atom stereocenters. The Balaban J connectivity index is 1.45. The first-order chi connectivity index (χ1) is 17.0. The molecule has 182 valence electrons. The standard InChI is InChI=1S/C26H28N4O5/c1-2-30(12-11-24(31)32)25(33)23(13-17-14-27-16-28-17)29-26(34)35-15-22-20-9-5-3-7-18(20)19-8-4-6-10-21(19)22/h3-10,14,16,22-23H,2,11-13,15H2,1H3,(H,27,28)(H,29,34)(H,31,32). The Morgan fingerprint density at radius 1 is 1.11 bits per heavy atom. The van der Waals surface area contributed by atoms with E-state index in [0.717, 1.165) is 22.3 Å². The number of hydrogen-bond donors (Lipinski definition) is 3. The number of amides is 2. The molecule has 0 aliphatic heterocycles. The molecular formula is C26H28N4O5. The number of carbonyl (C=O) groups excluding carboxylic acids is 2. The molecule has 1 heterocycles. The minimum absolute atomic E-state index is 0.0521. The molecule has 1 aliphatic carbocycles. The summed E-state index contributed by atoms with van der Waals surface area (Å²) < 4.78 is 5.61. The summed E-state index contributed by atoms with van der Waals surface area (Å²) in [7, 11) is 0. The number of hydrogen-bond acceptors (Lipinski definition) is 5. The Morgan fingerprint density at radius 2 is 1.77 bits per heavy atom. The van der Waals surface area contributed by atoms with Crippen LogP contribution in [-0.2, 0) is 20.7 Å². The molecule has 0 saturated carbocycles. The summed E-state index contributed by atoms with van der Waals surface area (Å²) in [5.41, 5.74) is 5.11. The number of likely N-dealkylation sites (N-methyl/N-ethyl adjacent to an activating group) is 1. The van der Waals surface area contributed by atoms with Crippen LogP contribution in [0.3, 0.4) is 0 Å². The molecular weight excluding hydrogens is 448 g/mol. The molecule has 4 rings (SSSR count). The van der Waals surface area contributed by atoms with Crippen LogP contribution in [0.15, 0.2) is 61.1 Å². The van der Waals surface area contributed by atoms with Crippen molar-refractivity contribution in [3.05, 3.63) is 77.9 Å². The molecule has 0 radical (unpaired) electrons. The van der Waals surface area contributed by atoms with Gasteiger partial charge in [-0.15, -0.1) is 0 Å². The third kappa shape index (κ3) is 5.51. The Kier molecular flexibility index (Phi) is 7.45. The van der Waals surface area contributed by atoms with Gasteiger partial charge in [-0.05, 0) is 29.2 Å². The third-order valence-electron chi connectivity index (χ3n) is 6.20. The second-order valence-corrected chi connectivity index (χ2v) is 8.37. The molecule has 3 N–H and O–H groups in total. The van der Waals surface area contributed by atoms with E-state index in [9.17, 15) is 14.4 Å². The van der Waals surface area contributed by atoms with E-state index in [2.05, 4.69) is 27.4 Å². The Labute approximate surface area is 203 Å². The number of alkyl carbamates (subject to hydrolysis) is 1. The van der Waals surface area contributed by atoms with Crippen molar-refractivity contribution in [2.24, 2.45) is 0 Å². The molecule has 2 amide bonds. The Bertz CT molecular complexity index is 1150. The number of ether oxygens (including phenoxy) is 1. The van der Waals surface area contributed by atoms with Crippen LogP contribution in [0.25, 0.3) is 11.1 Å². The third-order valence-corrected chi connectivity index (χ3v) is 6.20. The fourth-order valence-electron chi connectivity index (χ4n) is 4.47. The van der Waals surface area contributed by atoms with E-state index in [1.807, 2.05) is 36.4 Å². The van der Waals surface area contributed by atoms with Crippen molar-refractivity contribution in [3.63, 3.8) is 0 Å². The minimum Gasteiger partial charge on any atom is -0.481 e. The van der Waals surface area contributed by atoms with Gasteiger partial charge >= 0.3 is 12.1 Å². The fourth-order valence-corrected chi connectivity index (χ4v) is 4.47. The summed E-state index contributed by atoms with van der Waals surface area (Å²) in [6.45, 7) is 2.26. The first-order valence-corrected chi connectivity index (χ1v) is 11.6. The average molecular weight is 477 g/mol. The van der Waals surface area contributed by atoms with Gasteiger partial charge in [0.1, 0.15) is 12.6 Å². The summed E-state index contributed by atoms with van der Waals surface area (Å²) in [5.74, 6) is -1.47. The van der Waals surface area contributed by atoms with Gasteiger partial charge in [-0.2, -0.15) is 0 Å². The number of carbonyl (C=O) groups is 3. The monoisotopic (exact) mass is 476 g/mol. The number of fused-ring (bicyclic) bond motifs is 3. The minimum atomic E-state index is -0.995. The predicted molar refractivity (Wildman–Crippen MR) is 129 cm³/mol. The molecule has 2 aromatic carbocycles. The first kappa shape index (κ1) is 24.0. The molecule has 9 heteroatoms. The van der Waals surface area contributed by atoms with Gasteiger partial charge in [-0.25, -0.2) is 9.78 Å². The molecule has 1 aliphatic rings. The molecule has 35 heavy (non-hydrogen) atoms. The number of carboxylic acids is 1. The van der Waals surface area contributed by atoms with Gasteiger partial charge in [0.15, 0.2) is 0 Å². The van der Waals surface area contributed by atoms with Crippen molar-refractivity contribution in [1.29, 1.82) is 0 Å². The number of H-pyrrole nitrogens is 1. The molecule has 9 nitrogen and oxygen atoms in total. The van der Waals surface area contributed by atoms with Crippen LogP contribution in [0.5, 0.6) is 0 Å². The highest BCUT2D eigenvalue weighted by atomic mass is 16.5. The lowest BCUT2D eigenvalue weighted by molar-refractivity contribution is -0.139. The van der Waals surface area contributed by atoms with E-state index >= 15 is 0 Å². The van der Waals surface area contributed by atoms with Crippen LogP contribution in [0, 0.1) is 0 Å². The van der Waals surface area contributed by atoms with Crippen molar-refractivity contribution >= 4 is 18.0 Å². The van der Waals surface area contributed by atoms with Gasteiger partial charge in [0.2, 0.25) is 5.91 Å². The smallest absolute Gasteiger partial charge is 0.407 e. The maximum Gasteiger partial charge on any atom is 0.407 e. The number of nitrogens with one attached hydrogen (secondary N) is 2. The highest BCUT2D eigenvalue weighted by Crippen LogP contribution is 2.44. The lowest BCUT2D eigenvalue weighted by Crippen LogP contribution is -2.50. The van der Waals surface area contributed by atoms with Gasteiger partial charge < -0.3 is 25.0 Å². The normalized spacial score (nSPS) is 12.9. The van der Waals surface area contributed by atoms with Gasteiger partial charge in [-0.3, -0.25) is 9.59 Å². The summed E-state index contributed by atoms with van der Waals surface area (Å²) in [4.78, 5) is 45.3. The molecule has 3 aromatic rings. The zero-order chi connectivity index (χ0) is 24.8. The van der Waals surface area contributed by atoms with Gasteiger partial charge in [0, 0.05) is 37.3 Å². The summed E-state index contributed by atoms with van der Waals surface area (Å²) in [5, 5.41) is 11.7. The molecule has 0 saturated heterocycles. The number of nitrogens with zero attached hydrogens (tertiary/aromatic N) is 2. The van der Waals surface area contributed by atoms with Crippen molar-refractivity contribution in [1.82, 2.24) is 20.2 Å². The summed E-state index contributed by atoms with van der Waals surface area (Å²) >= 11 is 0. The van der Waals surface area contributed by atoms with E-state index in [0.29, 0.717) is 12.2 Å². The zero-order valence-electron chi connectivity index (χ0n) is 19.4. The SMILES string of the molecule is CCN(CCC(=O)O)C(=O)C(Cc1cnc[nH]1)NC(=O)OCC1c2ccccc2-c2ccccc21. The average Bonchev–Trinajstić information content (AvgIpc) is 3.48. The lowest BCUT2D eigenvalue weighted by atomic mass is 9.98. The highest BCUT2D eigenvalue weighted by Gasteiger charge is 2.31. The second kappa shape index (κ2) is 10.9. The number of carboxylic acid groups (broad SMARTS) is 1. The fraction of sp³-hybridized carbons (Fsp3) is 0.308. The Hall–Kier alpha value is -4.14. The van der Waals surface area contributed by atoms with Crippen molar-refractivity contribution < 1.29 is 24.2 Å². The van der Waals surface area contributed by atoms with Gasteiger partial charge in [0.05, 0.1) is 12.7 Å². The van der Waals surface area contributed by atoms with E-state index < -0.39 is 18.1 Å². The molecule has 0 fully saturated rings. The number of rotatable bonds is 10. The van der Waals surface area contributed by atoms with E-state index in [4.69, 9.17) is 9.84 Å². The number of aromatic nitrogens is 2. The Morgan fingerprint density at radius 3 is 2.34 bits per heavy atom. The van der Waals surface area contributed by atoms with E-state index in [1.165, 1.54) is 11.2 Å². The maximum absolute atomic E-state index is 13.2. The predicted octanol–water partition coefficient (Wildman–Crippen LogP) is 3.18. The van der Waals surface area contributed by atoms with Gasteiger partial charge in [-0.1, -0.05) is 48.5 Å². The van der Waals surface area contributed by atoms with Gasteiger partial charge in [0.25, 0.3) is 0 Å². The van der Waals surface area contributed by atoms with Crippen molar-refractivity contribution in [2.75, 3.05) is 19.7 Å². The van der Waals surface area contributed by atoms with Crippen LogP contribution in [-0.4, -0.2) is 63.7 Å². The number of imidazole rings is 1. The second-order valence-electron chi connectivity index (χ2n) is 8.37. The lowest BCUT2D eigenvalue weighted by Gasteiger charge is -2.26. The van der Waals surface area contributed by atoms with Crippen molar-refractivity contribution in [2.45, 2.75) is 31.7 Å². The number of aromatic amines is 1. The molecule has 0 spiro atoms. The highest BCUT2D eigenvalue weighted by molar-refractivity contribution is 5.86. The molecule has 1 atom stereocenters. The quantitative estimate of drug-likeness (QED) is 0.413. The van der Waals surface area contributed by atoms with Crippen molar-refractivity contribution in [3.8, 4) is 11.1 Å². The molecule has 0 bridgehead atoms. The summed E-state index contributed by atoms with van der Waals surface area (Å²) in [6.07, 6.45) is 2.35. The first-order valence-electron chi connectivity index (χ1n) is 11.6. The molecule has 1 aromatic heterocycles. The number of aliphatic carboxylic acids is 1. The van der Waals surface area contributed by atoms with E-state index in [-0.39, 0.29) is 37.8 Å². The van der Waals surface area contributed by atoms with E-state index in [1.54, 1.807) is 13.1 Å². The largest absolute Gasteiger partial charge is 0.481 e. The maximum atomic E-state index is 13.2. The van der Waals surface area contributed by atoms with Crippen LogP contribution >= 0.6 is 0 Å².